The van der Waals surface area contributed by atoms with Crippen LogP contribution in [-0.2, 0) is 14.3 Å². The molecule has 2 aromatic carbocycles. The van der Waals surface area contributed by atoms with E-state index in [2.05, 4.69) is 4.90 Å². The van der Waals surface area contributed by atoms with E-state index in [4.69, 9.17) is 9.47 Å². The Labute approximate surface area is 185 Å². The molecule has 2 aliphatic heterocycles. The number of carbonyl (C=O) groups excluding carboxylic acids is 2. The van der Waals surface area contributed by atoms with Crippen molar-refractivity contribution < 1.29 is 28.6 Å². The molecule has 4 rings (SSSR count). The van der Waals surface area contributed by atoms with Gasteiger partial charge in [-0.1, -0.05) is 18.2 Å². The monoisotopic (exact) mass is 440 g/mol. The highest BCUT2D eigenvalue weighted by molar-refractivity contribution is 6.46. The fourth-order valence-electron chi connectivity index (χ4n) is 4.11. The van der Waals surface area contributed by atoms with Crippen molar-refractivity contribution in [1.29, 1.82) is 0 Å². The maximum atomic E-state index is 14.8. The molecule has 168 valence electrons. The number of morpholine rings is 1. The lowest BCUT2D eigenvalue weighted by Crippen LogP contribution is -2.42. The van der Waals surface area contributed by atoms with Gasteiger partial charge in [-0.15, -0.1) is 0 Å². The van der Waals surface area contributed by atoms with Gasteiger partial charge in [0, 0.05) is 37.3 Å². The molecule has 0 spiro atoms. The van der Waals surface area contributed by atoms with Crippen LogP contribution in [0.15, 0.2) is 54.1 Å². The molecule has 1 atom stereocenters. The average molecular weight is 440 g/mol. The minimum absolute atomic E-state index is 0.118. The molecular formula is C24H25FN2O5. The maximum Gasteiger partial charge on any atom is 0.295 e. The number of aliphatic hydroxyl groups is 1. The van der Waals surface area contributed by atoms with Gasteiger partial charge in [0.25, 0.3) is 11.7 Å². The van der Waals surface area contributed by atoms with Gasteiger partial charge in [0.15, 0.2) is 0 Å². The Morgan fingerprint density at radius 3 is 2.44 bits per heavy atom. The lowest BCUT2D eigenvalue weighted by molar-refractivity contribution is -0.140. The molecule has 32 heavy (non-hydrogen) atoms. The van der Waals surface area contributed by atoms with E-state index in [0.29, 0.717) is 31.1 Å². The second kappa shape index (κ2) is 9.50. The van der Waals surface area contributed by atoms with E-state index in [1.165, 1.54) is 24.1 Å². The van der Waals surface area contributed by atoms with Crippen LogP contribution in [0, 0.1) is 5.82 Å². The maximum absolute atomic E-state index is 14.8. The van der Waals surface area contributed by atoms with Gasteiger partial charge in [-0.05, 0) is 30.3 Å². The number of aliphatic hydroxyl groups excluding tert-OH is 1. The molecule has 1 N–H and O–H groups in total. The number of hydrogen-bond donors (Lipinski definition) is 1. The number of ether oxygens (including phenoxy) is 2. The number of benzene rings is 2. The smallest absolute Gasteiger partial charge is 0.295 e. The molecule has 0 saturated carbocycles. The van der Waals surface area contributed by atoms with Crippen LogP contribution in [0.4, 0.5) is 4.39 Å². The van der Waals surface area contributed by atoms with Gasteiger partial charge in [0.2, 0.25) is 0 Å². The zero-order valence-electron chi connectivity index (χ0n) is 17.8. The molecule has 0 radical (unpaired) electrons. The van der Waals surface area contributed by atoms with Crippen LogP contribution in [0.3, 0.4) is 0 Å². The Kier molecular flexibility index (Phi) is 6.53. The summed E-state index contributed by atoms with van der Waals surface area (Å²) in [5.74, 6) is -1.88. The molecule has 8 heteroatoms. The summed E-state index contributed by atoms with van der Waals surface area (Å²) in [4.78, 5) is 29.5. The molecule has 0 bridgehead atoms. The fraction of sp³-hybridized carbons (Fsp3) is 0.333. The molecule has 7 nitrogen and oxygen atoms in total. The topological polar surface area (TPSA) is 79.3 Å². The van der Waals surface area contributed by atoms with E-state index in [1.54, 1.807) is 36.4 Å². The lowest BCUT2D eigenvalue weighted by Gasteiger charge is -2.31. The summed E-state index contributed by atoms with van der Waals surface area (Å²) >= 11 is 0. The Bertz CT molecular complexity index is 1030. The van der Waals surface area contributed by atoms with Crippen LogP contribution < -0.4 is 4.74 Å². The lowest BCUT2D eigenvalue weighted by atomic mass is 9.95. The highest BCUT2D eigenvalue weighted by Crippen LogP contribution is 2.40. The zero-order valence-corrected chi connectivity index (χ0v) is 17.8. The van der Waals surface area contributed by atoms with Crippen molar-refractivity contribution in [3.63, 3.8) is 0 Å². The summed E-state index contributed by atoms with van der Waals surface area (Å²) in [7, 11) is 1.52. The number of Topliss-reactive ketones (excluding diaryl/α,β-unsaturated/α-hetero) is 1. The van der Waals surface area contributed by atoms with Crippen molar-refractivity contribution >= 4 is 17.4 Å². The van der Waals surface area contributed by atoms with Crippen molar-refractivity contribution in [3.8, 4) is 5.75 Å². The summed E-state index contributed by atoms with van der Waals surface area (Å²) < 4.78 is 25.3. The van der Waals surface area contributed by atoms with Crippen molar-refractivity contribution in [2.24, 2.45) is 0 Å². The molecule has 0 aliphatic carbocycles. The SMILES string of the molecule is COc1ccc(/C(O)=C2\C(=O)C(=O)N(CCN3CCOCC3)C2c2ccccc2F)cc1. The molecule has 1 amide bonds. The molecule has 2 aromatic rings. The number of amides is 1. The number of nitrogens with zero attached hydrogens (tertiary/aromatic N) is 2. The minimum atomic E-state index is -1.01. The number of ketones is 1. The molecule has 2 fully saturated rings. The predicted molar refractivity (Wildman–Crippen MR) is 116 cm³/mol. The minimum Gasteiger partial charge on any atom is -0.507 e. The first-order valence-electron chi connectivity index (χ1n) is 10.5. The summed E-state index contributed by atoms with van der Waals surface area (Å²) in [5.41, 5.74) is 0.398. The van der Waals surface area contributed by atoms with Crippen LogP contribution in [-0.4, -0.2) is 73.1 Å². The second-order valence-electron chi connectivity index (χ2n) is 7.70. The number of rotatable bonds is 6. The number of likely N-dealkylation sites (tertiary alicyclic amines) is 1. The molecular weight excluding hydrogens is 415 g/mol. The third kappa shape index (κ3) is 4.24. The highest BCUT2D eigenvalue weighted by Gasteiger charge is 2.46. The molecule has 2 heterocycles. The standard InChI is InChI=1S/C24H25FN2O5/c1-31-17-8-6-16(7-9-17)22(28)20-21(18-4-2-3-5-19(18)25)27(24(30)23(20)29)11-10-26-12-14-32-15-13-26/h2-9,21,28H,10-15H2,1H3/b22-20+. The Balaban J connectivity index is 1.74. The third-order valence-corrected chi connectivity index (χ3v) is 5.86. The summed E-state index contributed by atoms with van der Waals surface area (Å²) in [6, 6.07) is 11.5. The highest BCUT2D eigenvalue weighted by atomic mass is 19.1. The molecule has 0 aromatic heterocycles. The van der Waals surface area contributed by atoms with Gasteiger partial charge in [-0.3, -0.25) is 14.5 Å². The van der Waals surface area contributed by atoms with Gasteiger partial charge >= 0.3 is 0 Å². The predicted octanol–water partition coefficient (Wildman–Crippen LogP) is 2.59. The van der Waals surface area contributed by atoms with Crippen LogP contribution in [0.5, 0.6) is 5.75 Å². The number of methoxy groups -OCH3 is 1. The second-order valence-corrected chi connectivity index (χ2v) is 7.70. The first-order chi connectivity index (χ1) is 15.5. The molecule has 2 saturated heterocycles. The van der Waals surface area contributed by atoms with E-state index in [1.807, 2.05) is 0 Å². The van der Waals surface area contributed by atoms with Gasteiger partial charge in [-0.25, -0.2) is 4.39 Å². The van der Waals surface area contributed by atoms with Crippen molar-refractivity contribution in [3.05, 3.63) is 71.0 Å². The van der Waals surface area contributed by atoms with Gasteiger partial charge in [0.1, 0.15) is 17.3 Å². The Hall–Kier alpha value is -3.23. The average Bonchev–Trinajstić information content (AvgIpc) is 3.08. The fourth-order valence-corrected chi connectivity index (χ4v) is 4.11. The van der Waals surface area contributed by atoms with E-state index in [-0.39, 0.29) is 23.4 Å². The van der Waals surface area contributed by atoms with Crippen LogP contribution in [0.1, 0.15) is 17.2 Å². The van der Waals surface area contributed by atoms with Crippen molar-refractivity contribution in [1.82, 2.24) is 9.80 Å². The van der Waals surface area contributed by atoms with Crippen LogP contribution >= 0.6 is 0 Å². The van der Waals surface area contributed by atoms with Gasteiger partial charge in [-0.2, -0.15) is 0 Å². The van der Waals surface area contributed by atoms with E-state index in [9.17, 15) is 19.1 Å². The normalized spacial score (nSPS) is 21.2. The molecule has 1 unspecified atom stereocenters. The van der Waals surface area contributed by atoms with E-state index >= 15 is 0 Å². The number of carbonyl (C=O) groups is 2. The van der Waals surface area contributed by atoms with E-state index < -0.39 is 23.5 Å². The largest absolute Gasteiger partial charge is 0.507 e. The summed E-state index contributed by atoms with van der Waals surface area (Å²) in [6.07, 6.45) is 0. The summed E-state index contributed by atoms with van der Waals surface area (Å²) in [5, 5.41) is 11.0. The Morgan fingerprint density at radius 1 is 1.09 bits per heavy atom. The first kappa shape index (κ1) is 22.0. The zero-order chi connectivity index (χ0) is 22.7. The summed E-state index contributed by atoms with van der Waals surface area (Å²) in [6.45, 7) is 3.40. The van der Waals surface area contributed by atoms with Crippen LogP contribution in [0.2, 0.25) is 0 Å². The first-order valence-corrected chi connectivity index (χ1v) is 10.5. The van der Waals surface area contributed by atoms with Crippen LogP contribution in [0.25, 0.3) is 5.76 Å². The van der Waals surface area contributed by atoms with Gasteiger partial charge in [0.05, 0.1) is 31.9 Å². The third-order valence-electron chi connectivity index (χ3n) is 5.86. The quantitative estimate of drug-likeness (QED) is 0.423. The van der Waals surface area contributed by atoms with Crippen molar-refractivity contribution in [2.45, 2.75) is 6.04 Å². The number of halogens is 1. The van der Waals surface area contributed by atoms with E-state index in [0.717, 1.165) is 13.1 Å². The van der Waals surface area contributed by atoms with Crippen molar-refractivity contribution in [2.75, 3.05) is 46.5 Å². The Morgan fingerprint density at radius 2 is 1.78 bits per heavy atom. The number of hydrogen-bond acceptors (Lipinski definition) is 6. The molecule has 2 aliphatic rings. The van der Waals surface area contributed by atoms with Gasteiger partial charge < -0.3 is 19.5 Å².